The summed E-state index contributed by atoms with van der Waals surface area (Å²) in [4.78, 5) is 21.5. The van der Waals surface area contributed by atoms with Crippen molar-refractivity contribution in [2.75, 3.05) is 0 Å². The van der Waals surface area contributed by atoms with Crippen LogP contribution in [0.5, 0.6) is 0 Å². The summed E-state index contributed by atoms with van der Waals surface area (Å²) in [7, 11) is 0. The largest absolute Gasteiger partial charge is 0.456 e. The highest BCUT2D eigenvalue weighted by Crippen LogP contribution is 2.46. The number of para-hydroxylation sites is 9. The van der Waals surface area contributed by atoms with Crippen LogP contribution in [0.1, 0.15) is 0 Å². The normalized spacial score (nSPS) is 11.9. The molecule has 0 bridgehead atoms. The van der Waals surface area contributed by atoms with E-state index < -0.39 is 0 Å². The van der Waals surface area contributed by atoms with Gasteiger partial charge in [0.25, 0.3) is 0 Å². The number of rotatable bonds is 8. The molecule has 0 amide bonds. The van der Waals surface area contributed by atoms with Crippen molar-refractivity contribution >= 4 is 131 Å². The van der Waals surface area contributed by atoms with Crippen molar-refractivity contribution in [3.63, 3.8) is 0 Å². The maximum Gasteiger partial charge on any atom is 0.235 e. The third-order valence-electron chi connectivity index (χ3n) is 20.3. The van der Waals surface area contributed by atoms with Crippen LogP contribution in [-0.4, -0.2) is 38.2 Å². The van der Waals surface area contributed by atoms with Crippen LogP contribution in [-0.2, 0) is 0 Å². The van der Waals surface area contributed by atoms with E-state index in [-0.39, 0.29) is 0 Å². The van der Waals surface area contributed by atoms with Gasteiger partial charge in [-0.1, -0.05) is 237 Å². The smallest absolute Gasteiger partial charge is 0.235 e. The predicted octanol–water partition coefficient (Wildman–Crippen LogP) is 23.8. The van der Waals surface area contributed by atoms with Crippen molar-refractivity contribution < 1.29 is 8.83 Å². The van der Waals surface area contributed by atoms with Gasteiger partial charge in [0.15, 0.2) is 0 Å². The second kappa shape index (κ2) is 22.8. The van der Waals surface area contributed by atoms with Crippen LogP contribution < -0.4 is 0 Å². The highest BCUT2D eigenvalue weighted by molar-refractivity contribution is 6.28. The van der Waals surface area contributed by atoms with Crippen LogP contribution in [0, 0.1) is 0 Å². The van der Waals surface area contributed by atoms with Gasteiger partial charge in [0.05, 0.1) is 66.9 Å². The summed E-state index contributed by atoms with van der Waals surface area (Å²) in [5.74, 6) is 1.22. The first kappa shape index (κ1) is 57.1. The van der Waals surface area contributed by atoms with Crippen LogP contribution in [0.25, 0.3) is 199 Å². The summed E-state index contributed by atoms with van der Waals surface area (Å²) >= 11 is 0. The van der Waals surface area contributed by atoms with Crippen LogP contribution in [0.3, 0.4) is 0 Å². The highest BCUT2D eigenvalue weighted by atomic mass is 16.3. The molecule has 0 N–H and O–H groups in total. The number of hydrogen-bond acceptors (Lipinski definition) is 6. The summed E-state index contributed by atoms with van der Waals surface area (Å²) in [6, 6.07) is 119. The summed E-state index contributed by atoms with van der Waals surface area (Å²) in [6.45, 7) is 0. The Kier molecular flexibility index (Phi) is 12.8. The maximum atomic E-state index is 6.54. The van der Waals surface area contributed by atoms with Gasteiger partial charge in [-0.3, -0.25) is 9.13 Å². The molecule has 0 saturated carbocycles. The fraction of sp³-hybridized carbons (Fsp3) is 0. The number of hydrogen-bond donors (Lipinski definition) is 0. The van der Waals surface area contributed by atoms with Crippen molar-refractivity contribution in [3.8, 4) is 68.3 Å². The van der Waals surface area contributed by atoms with Gasteiger partial charge in [-0.15, -0.1) is 0 Å². The molecule has 476 valence electrons. The molecule has 22 aromatic rings. The standard InChI is InChI=1S/2C46H28N4O/c1-3-14-29(15-4-1)37-28-38(35-22-13-21-34-32-19-9-12-25-42(32)51-45(34)35)48-46(47-37)50-39-23-10-7-18-31(39)33-26-27-41-43(44(33)50)36-20-8-11-24-40(36)49(41)30-16-5-2-6-17-30;1-3-13-29(14-4-1)37-28-38(30-23-24-34-33-18-9-12-22-42(33)51-43(34)27-30)48-46(47-37)50-39-20-10-7-17-32(39)35-25-26-41-44(45(35)50)36-19-8-11-21-40(36)49(41)31-15-5-2-6-16-31/h2*1-28H. The van der Waals surface area contributed by atoms with E-state index in [0.717, 1.165) is 171 Å². The average molecular weight is 1310 g/mol. The van der Waals surface area contributed by atoms with Crippen molar-refractivity contribution in [3.05, 3.63) is 340 Å². The Labute approximate surface area is 582 Å². The van der Waals surface area contributed by atoms with E-state index in [9.17, 15) is 0 Å². The minimum atomic E-state index is 0.606. The Hall–Kier alpha value is -14.0. The molecule has 0 aliphatic carbocycles. The lowest BCUT2D eigenvalue weighted by atomic mass is 10.0. The molecule has 0 saturated heterocycles. The zero-order valence-electron chi connectivity index (χ0n) is 54.7. The summed E-state index contributed by atoms with van der Waals surface area (Å²) in [6.07, 6.45) is 0. The zero-order chi connectivity index (χ0) is 66.9. The molecular formula is C92H56N8O2. The quantitative estimate of drug-likeness (QED) is 0.150. The van der Waals surface area contributed by atoms with E-state index in [4.69, 9.17) is 28.8 Å². The Morgan fingerprint density at radius 2 is 0.588 bits per heavy atom. The molecule has 0 spiro atoms. The number of furan rings is 2. The van der Waals surface area contributed by atoms with E-state index in [1.807, 2.05) is 42.5 Å². The lowest BCUT2D eigenvalue weighted by molar-refractivity contribution is 0.669. The van der Waals surface area contributed by atoms with Crippen molar-refractivity contribution in [1.29, 1.82) is 0 Å². The lowest BCUT2D eigenvalue weighted by Gasteiger charge is -2.13. The number of fused-ring (bicyclic) bond motifs is 20. The SMILES string of the molecule is c1ccc(-c2cc(-c3ccc4c(c3)oc3ccccc34)nc(-n3c4ccccc4c4ccc5c(c6ccccc6n5-c5ccccc5)c43)n2)cc1.c1ccc(-c2cc(-c3cccc4c3oc3ccccc34)nc(-n3c4ccccc4c4ccc5c(c6ccccc6n5-c5ccccc5)c43)n2)cc1. The van der Waals surface area contributed by atoms with Crippen LogP contribution in [0.15, 0.2) is 349 Å². The molecule has 0 radical (unpaired) electrons. The molecule has 0 unspecified atom stereocenters. The number of nitrogens with zero attached hydrogens (tertiary/aromatic N) is 8. The molecule has 10 heteroatoms. The number of aromatic nitrogens is 8. The molecule has 0 fully saturated rings. The minimum Gasteiger partial charge on any atom is -0.456 e. The molecular weight excluding hydrogens is 1250 g/mol. The molecule has 102 heavy (non-hydrogen) atoms. The molecule has 0 aliphatic heterocycles. The second-order valence-corrected chi connectivity index (χ2v) is 26.0. The van der Waals surface area contributed by atoms with Gasteiger partial charge in [-0.2, -0.15) is 0 Å². The summed E-state index contributed by atoms with van der Waals surface area (Å²) in [5, 5.41) is 13.7. The van der Waals surface area contributed by atoms with E-state index >= 15 is 0 Å². The van der Waals surface area contributed by atoms with Crippen molar-refractivity contribution in [2.45, 2.75) is 0 Å². The minimum absolute atomic E-state index is 0.606. The molecule has 0 aliphatic rings. The molecule has 14 aromatic carbocycles. The monoisotopic (exact) mass is 1300 g/mol. The molecule has 22 rings (SSSR count). The van der Waals surface area contributed by atoms with Gasteiger partial charge < -0.3 is 18.0 Å². The third-order valence-corrected chi connectivity index (χ3v) is 20.3. The fourth-order valence-electron chi connectivity index (χ4n) is 15.8. The summed E-state index contributed by atoms with van der Waals surface area (Å²) in [5.41, 5.74) is 21.7. The van der Waals surface area contributed by atoms with Crippen molar-refractivity contribution in [2.24, 2.45) is 0 Å². The van der Waals surface area contributed by atoms with E-state index in [1.165, 1.54) is 16.2 Å². The first-order valence-electron chi connectivity index (χ1n) is 34.4. The molecule has 10 nitrogen and oxygen atoms in total. The molecule has 0 atom stereocenters. The van der Waals surface area contributed by atoms with Gasteiger partial charge in [0.2, 0.25) is 11.9 Å². The van der Waals surface area contributed by atoms with Crippen LogP contribution >= 0.6 is 0 Å². The molecule has 8 heterocycles. The Morgan fingerprint density at radius 1 is 0.216 bits per heavy atom. The van der Waals surface area contributed by atoms with Gasteiger partial charge in [0, 0.05) is 98.3 Å². The van der Waals surface area contributed by atoms with Gasteiger partial charge in [-0.25, -0.2) is 19.9 Å². The topological polar surface area (TPSA) is 97.6 Å². The predicted molar refractivity (Wildman–Crippen MR) is 418 cm³/mol. The third kappa shape index (κ3) is 8.86. The number of benzene rings is 14. The zero-order valence-corrected chi connectivity index (χ0v) is 54.7. The van der Waals surface area contributed by atoms with Crippen LogP contribution in [0.2, 0.25) is 0 Å². The fourth-order valence-corrected chi connectivity index (χ4v) is 15.8. The Bertz CT molecular complexity index is 7120. The average Bonchev–Trinajstić information content (AvgIpc) is 1.55. The summed E-state index contributed by atoms with van der Waals surface area (Å²) < 4.78 is 22.1. The van der Waals surface area contributed by atoms with E-state index in [0.29, 0.717) is 11.9 Å². The van der Waals surface area contributed by atoms with E-state index in [2.05, 4.69) is 316 Å². The Morgan fingerprint density at radius 3 is 1.11 bits per heavy atom. The van der Waals surface area contributed by atoms with Crippen LogP contribution in [0.4, 0.5) is 0 Å². The first-order chi connectivity index (χ1) is 50.6. The lowest BCUT2D eigenvalue weighted by Crippen LogP contribution is -2.04. The first-order valence-corrected chi connectivity index (χ1v) is 34.4. The maximum absolute atomic E-state index is 6.54. The van der Waals surface area contributed by atoms with Gasteiger partial charge in [0.1, 0.15) is 22.3 Å². The van der Waals surface area contributed by atoms with Crippen molar-refractivity contribution in [1.82, 2.24) is 38.2 Å². The second-order valence-electron chi connectivity index (χ2n) is 26.0. The molecule has 8 aromatic heterocycles. The van der Waals surface area contributed by atoms with Gasteiger partial charge >= 0.3 is 0 Å². The Balaban J connectivity index is 0.000000133. The van der Waals surface area contributed by atoms with E-state index in [1.54, 1.807) is 0 Å². The highest BCUT2D eigenvalue weighted by Gasteiger charge is 2.26. The van der Waals surface area contributed by atoms with Gasteiger partial charge in [-0.05, 0) is 103 Å².